The lowest BCUT2D eigenvalue weighted by Crippen LogP contribution is -1.62. The third-order valence-electron chi connectivity index (χ3n) is 0.808. The molecule has 0 N–H and O–H groups in total. The quantitative estimate of drug-likeness (QED) is 0.584. The SMILES string of the molecule is Cl.Sc1cccc(Cl)c1. The molecule has 0 atom stereocenters. The van der Waals surface area contributed by atoms with Crippen LogP contribution >= 0.6 is 36.6 Å². The van der Waals surface area contributed by atoms with Gasteiger partial charge in [-0.25, -0.2) is 0 Å². The van der Waals surface area contributed by atoms with E-state index in [0.717, 1.165) is 9.92 Å². The lowest BCUT2D eigenvalue weighted by Gasteiger charge is -1.87. The normalized spacial score (nSPS) is 8.22. The first-order valence-corrected chi connectivity index (χ1v) is 3.06. The van der Waals surface area contributed by atoms with Crippen molar-refractivity contribution in [3.8, 4) is 0 Å². The molecule has 0 unspecified atom stereocenters. The molecule has 3 heteroatoms. The summed E-state index contributed by atoms with van der Waals surface area (Å²) in [6, 6.07) is 7.37. The van der Waals surface area contributed by atoms with Gasteiger partial charge in [0.1, 0.15) is 0 Å². The Balaban J connectivity index is 0.000000640. The Morgan fingerprint density at radius 3 is 2.33 bits per heavy atom. The van der Waals surface area contributed by atoms with Crippen LogP contribution in [0.3, 0.4) is 0 Å². The predicted molar refractivity (Wildman–Crippen MR) is 46.0 cm³/mol. The topological polar surface area (TPSA) is 0 Å². The first-order valence-electron chi connectivity index (χ1n) is 2.23. The van der Waals surface area contributed by atoms with Crippen molar-refractivity contribution in [2.45, 2.75) is 4.90 Å². The molecule has 50 valence electrons. The van der Waals surface area contributed by atoms with E-state index in [-0.39, 0.29) is 12.4 Å². The fraction of sp³-hybridized carbons (Fsp3) is 0. The molecule has 0 saturated carbocycles. The van der Waals surface area contributed by atoms with Crippen molar-refractivity contribution >= 4 is 36.6 Å². The van der Waals surface area contributed by atoms with Crippen molar-refractivity contribution in [2.75, 3.05) is 0 Å². The van der Waals surface area contributed by atoms with Crippen molar-refractivity contribution in [1.82, 2.24) is 0 Å². The molecular weight excluding hydrogens is 175 g/mol. The maximum absolute atomic E-state index is 5.60. The molecule has 1 aromatic carbocycles. The summed E-state index contributed by atoms with van der Waals surface area (Å²) in [4.78, 5) is 0.900. The minimum atomic E-state index is 0. The second kappa shape index (κ2) is 4.04. The predicted octanol–water partition coefficient (Wildman–Crippen LogP) is 3.05. The lowest BCUT2D eigenvalue weighted by atomic mass is 10.4. The second-order valence-corrected chi connectivity index (χ2v) is 2.43. The van der Waals surface area contributed by atoms with E-state index in [0.29, 0.717) is 0 Å². The lowest BCUT2D eigenvalue weighted by molar-refractivity contribution is 1.48. The van der Waals surface area contributed by atoms with E-state index in [9.17, 15) is 0 Å². The molecular formula is C6H6Cl2S. The van der Waals surface area contributed by atoms with Crippen LogP contribution in [0, 0.1) is 0 Å². The number of thiol groups is 1. The number of halogens is 2. The van der Waals surface area contributed by atoms with Gasteiger partial charge in [-0.3, -0.25) is 0 Å². The van der Waals surface area contributed by atoms with Crippen LogP contribution in [0.4, 0.5) is 0 Å². The zero-order chi connectivity index (χ0) is 5.98. The average molecular weight is 181 g/mol. The molecule has 0 radical (unpaired) electrons. The Morgan fingerprint density at radius 2 is 2.00 bits per heavy atom. The summed E-state index contributed by atoms with van der Waals surface area (Å²) < 4.78 is 0. The third-order valence-corrected chi connectivity index (χ3v) is 1.32. The highest BCUT2D eigenvalue weighted by Crippen LogP contribution is 2.12. The van der Waals surface area contributed by atoms with Gasteiger partial charge in [-0.2, -0.15) is 0 Å². The molecule has 0 aromatic heterocycles. The van der Waals surface area contributed by atoms with E-state index in [2.05, 4.69) is 12.6 Å². The van der Waals surface area contributed by atoms with Gasteiger partial charge in [-0.15, -0.1) is 25.0 Å². The standard InChI is InChI=1S/C6H5ClS.ClH/c7-5-2-1-3-6(8)4-5;/h1-4,8H;1H. The zero-order valence-corrected chi connectivity index (χ0v) is 7.01. The van der Waals surface area contributed by atoms with E-state index >= 15 is 0 Å². The van der Waals surface area contributed by atoms with E-state index in [1.54, 1.807) is 6.07 Å². The number of hydrogen-bond donors (Lipinski definition) is 1. The van der Waals surface area contributed by atoms with E-state index in [1.807, 2.05) is 18.2 Å². The summed E-state index contributed by atoms with van der Waals surface area (Å²) in [5.74, 6) is 0. The van der Waals surface area contributed by atoms with Gasteiger partial charge in [0.15, 0.2) is 0 Å². The van der Waals surface area contributed by atoms with E-state index < -0.39 is 0 Å². The van der Waals surface area contributed by atoms with Gasteiger partial charge in [0, 0.05) is 9.92 Å². The number of benzene rings is 1. The number of hydrogen-bond acceptors (Lipinski definition) is 1. The van der Waals surface area contributed by atoms with Crippen LogP contribution in [0.2, 0.25) is 5.02 Å². The van der Waals surface area contributed by atoms with Crippen LogP contribution in [0.5, 0.6) is 0 Å². The van der Waals surface area contributed by atoms with Crippen LogP contribution in [-0.4, -0.2) is 0 Å². The largest absolute Gasteiger partial charge is 0.147 e. The Hall–Kier alpha value is 0.150. The van der Waals surface area contributed by atoms with Crippen molar-refractivity contribution in [3.05, 3.63) is 29.3 Å². The molecule has 0 nitrogen and oxygen atoms in total. The smallest absolute Gasteiger partial charge is 0.0417 e. The summed E-state index contributed by atoms with van der Waals surface area (Å²) in [5, 5.41) is 0.734. The summed E-state index contributed by atoms with van der Waals surface area (Å²) in [6.07, 6.45) is 0. The van der Waals surface area contributed by atoms with E-state index in [4.69, 9.17) is 11.6 Å². The minimum Gasteiger partial charge on any atom is -0.147 e. The number of rotatable bonds is 0. The van der Waals surface area contributed by atoms with Crippen LogP contribution in [-0.2, 0) is 0 Å². The van der Waals surface area contributed by atoms with Gasteiger partial charge in [-0.05, 0) is 18.2 Å². The molecule has 0 amide bonds. The van der Waals surface area contributed by atoms with Gasteiger partial charge in [0.2, 0.25) is 0 Å². The van der Waals surface area contributed by atoms with Gasteiger partial charge in [0.05, 0.1) is 0 Å². The Labute approximate surface area is 71.0 Å². The maximum atomic E-state index is 5.60. The van der Waals surface area contributed by atoms with Crippen molar-refractivity contribution in [1.29, 1.82) is 0 Å². The molecule has 0 spiro atoms. The highest BCUT2D eigenvalue weighted by atomic mass is 35.5. The van der Waals surface area contributed by atoms with Crippen LogP contribution in [0.15, 0.2) is 29.2 Å². The highest BCUT2D eigenvalue weighted by Gasteiger charge is 1.83. The summed E-state index contributed by atoms with van der Waals surface area (Å²) >= 11 is 9.67. The summed E-state index contributed by atoms with van der Waals surface area (Å²) in [6.45, 7) is 0. The van der Waals surface area contributed by atoms with Crippen molar-refractivity contribution in [2.24, 2.45) is 0 Å². The first-order chi connectivity index (χ1) is 3.79. The fourth-order valence-electron chi connectivity index (χ4n) is 0.476. The summed E-state index contributed by atoms with van der Waals surface area (Å²) in [7, 11) is 0. The molecule has 1 rings (SSSR count). The molecule has 0 fully saturated rings. The van der Waals surface area contributed by atoms with Gasteiger partial charge in [0.25, 0.3) is 0 Å². The maximum Gasteiger partial charge on any atom is 0.0417 e. The monoisotopic (exact) mass is 180 g/mol. The Bertz CT molecular complexity index is 171. The van der Waals surface area contributed by atoms with Gasteiger partial charge >= 0.3 is 0 Å². The molecule has 0 heterocycles. The first kappa shape index (κ1) is 9.15. The molecule has 9 heavy (non-hydrogen) atoms. The molecule has 1 aromatic rings. The highest BCUT2D eigenvalue weighted by molar-refractivity contribution is 7.80. The van der Waals surface area contributed by atoms with Crippen LogP contribution in [0.25, 0.3) is 0 Å². The van der Waals surface area contributed by atoms with E-state index in [1.165, 1.54) is 0 Å². The Kier molecular flexibility index (Phi) is 4.11. The van der Waals surface area contributed by atoms with Gasteiger partial charge in [-0.1, -0.05) is 17.7 Å². The molecule has 0 aliphatic rings. The zero-order valence-electron chi connectivity index (χ0n) is 4.54. The fourth-order valence-corrected chi connectivity index (χ4v) is 0.968. The van der Waals surface area contributed by atoms with Crippen LogP contribution in [0.1, 0.15) is 0 Å². The average Bonchev–Trinajstić information content (AvgIpc) is 1.64. The third kappa shape index (κ3) is 2.99. The van der Waals surface area contributed by atoms with Crippen molar-refractivity contribution in [3.63, 3.8) is 0 Å². The second-order valence-electron chi connectivity index (χ2n) is 1.48. The van der Waals surface area contributed by atoms with Crippen molar-refractivity contribution < 1.29 is 0 Å². The minimum absolute atomic E-state index is 0. The molecule has 0 aliphatic heterocycles. The molecule has 0 bridgehead atoms. The molecule has 0 saturated heterocycles. The Morgan fingerprint density at radius 1 is 1.33 bits per heavy atom. The van der Waals surface area contributed by atoms with Crippen LogP contribution < -0.4 is 0 Å². The summed E-state index contributed by atoms with van der Waals surface area (Å²) in [5.41, 5.74) is 0. The molecule has 0 aliphatic carbocycles. The van der Waals surface area contributed by atoms with Gasteiger partial charge < -0.3 is 0 Å².